The largest absolute Gasteiger partial charge is 0.507 e. The highest BCUT2D eigenvalue weighted by molar-refractivity contribution is 7.81. The van der Waals surface area contributed by atoms with Gasteiger partial charge in [-0.05, 0) is 29.3 Å². The van der Waals surface area contributed by atoms with E-state index in [4.69, 9.17) is 9.47 Å². The lowest BCUT2D eigenvalue weighted by atomic mass is 9.90. The number of benzene rings is 4. The Morgan fingerprint density at radius 2 is 1.60 bits per heavy atom. The molecular weight excluding hydrogens is 462 g/mol. The number of amides is 1. The number of anilines is 1. The first-order chi connectivity index (χ1) is 17.0. The first-order valence-electron chi connectivity index (χ1n) is 11.4. The van der Waals surface area contributed by atoms with Crippen LogP contribution in [0.5, 0.6) is 5.75 Å². The third kappa shape index (κ3) is 5.69. The second-order valence-corrected chi connectivity index (χ2v) is 8.66. The van der Waals surface area contributed by atoms with Crippen LogP contribution in [0.2, 0.25) is 0 Å². The second kappa shape index (κ2) is 11.1. The standard InChI is InChI=1S/C28H27NO5S/c1-18(15-16-33-26(31)17-35)27(23-13-14-25(30)22-11-5-4-10-21(22)23)34-28(32)29-24-12-6-8-19-7-2-3-9-20(19)24/h2-14,18,27,30,35H,15-17H2,1H3,(H,29,32)/t18-,27-/m0/s1. The molecule has 0 saturated carbocycles. The van der Waals surface area contributed by atoms with Gasteiger partial charge in [-0.2, -0.15) is 12.6 Å². The minimum Gasteiger partial charge on any atom is -0.507 e. The maximum Gasteiger partial charge on any atom is 0.412 e. The van der Waals surface area contributed by atoms with Gasteiger partial charge in [-0.25, -0.2) is 4.79 Å². The van der Waals surface area contributed by atoms with Crippen molar-refractivity contribution in [3.63, 3.8) is 0 Å². The second-order valence-electron chi connectivity index (χ2n) is 8.34. The lowest BCUT2D eigenvalue weighted by molar-refractivity contribution is -0.141. The fraction of sp³-hybridized carbons (Fsp3) is 0.214. The minimum atomic E-state index is -0.648. The van der Waals surface area contributed by atoms with Gasteiger partial charge < -0.3 is 14.6 Å². The lowest BCUT2D eigenvalue weighted by Gasteiger charge is -2.26. The van der Waals surface area contributed by atoms with Crippen molar-refractivity contribution in [3.05, 3.63) is 84.4 Å². The predicted molar refractivity (Wildman–Crippen MR) is 141 cm³/mol. The zero-order chi connectivity index (χ0) is 24.8. The molecule has 180 valence electrons. The van der Waals surface area contributed by atoms with Crippen LogP contribution in [0, 0.1) is 5.92 Å². The van der Waals surface area contributed by atoms with Crippen molar-refractivity contribution in [2.24, 2.45) is 5.92 Å². The van der Waals surface area contributed by atoms with Crippen LogP contribution in [0.25, 0.3) is 21.5 Å². The molecular formula is C28H27NO5S. The summed E-state index contributed by atoms with van der Waals surface area (Å²) >= 11 is 3.93. The number of hydrogen-bond acceptors (Lipinski definition) is 6. The molecule has 7 heteroatoms. The number of esters is 1. The molecule has 1 amide bonds. The number of carbonyl (C=O) groups excluding carboxylic acids is 2. The van der Waals surface area contributed by atoms with Gasteiger partial charge in [0.1, 0.15) is 11.9 Å². The number of rotatable bonds is 8. The summed E-state index contributed by atoms with van der Waals surface area (Å²) in [6, 6.07) is 24.2. The van der Waals surface area contributed by atoms with E-state index in [0.29, 0.717) is 17.5 Å². The van der Waals surface area contributed by atoms with E-state index in [0.717, 1.165) is 21.7 Å². The number of phenols is 1. The van der Waals surface area contributed by atoms with E-state index >= 15 is 0 Å². The van der Waals surface area contributed by atoms with Crippen molar-refractivity contribution >= 4 is 51.9 Å². The number of hydrogen-bond donors (Lipinski definition) is 3. The van der Waals surface area contributed by atoms with Gasteiger partial charge in [0.25, 0.3) is 0 Å². The van der Waals surface area contributed by atoms with Crippen LogP contribution in [0.4, 0.5) is 10.5 Å². The van der Waals surface area contributed by atoms with Crippen LogP contribution < -0.4 is 5.32 Å². The highest BCUT2D eigenvalue weighted by atomic mass is 32.1. The van der Waals surface area contributed by atoms with Gasteiger partial charge in [0.05, 0.1) is 18.0 Å². The summed E-state index contributed by atoms with van der Waals surface area (Å²) in [6.07, 6.45) is -0.770. The van der Waals surface area contributed by atoms with Gasteiger partial charge in [0.2, 0.25) is 0 Å². The Balaban J connectivity index is 1.62. The molecule has 0 radical (unpaired) electrons. The number of ether oxygens (including phenoxy) is 2. The number of thiol groups is 1. The van der Waals surface area contributed by atoms with Gasteiger partial charge in [-0.3, -0.25) is 10.1 Å². The van der Waals surface area contributed by atoms with Crippen LogP contribution in [0.15, 0.2) is 78.9 Å². The first kappa shape index (κ1) is 24.4. The van der Waals surface area contributed by atoms with Crippen LogP contribution in [-0.4, -0.2) is 29.5 Å². The van der Waals surface area contributed by atoms with E-state index in [1.165, 1.54) is 0 Å². The smallest absolute Gasteiger partial charge is 0.412 e. The van der Waals surface area contributed by atoms with E-state index in [1.807, 2.05) is 73.7 Å². The lowest BCUT2D eigenvalue weighted by Crippen LogP contribution is -2.23. The van der Waals surface area contributed by atoms with E-state index in [-0.39, 0.29) is 24.0 Å². The third-order valence-electron chi connectivity index (χ3n) is 5.98. The summed E-state index contributed by atoms with van der Waals surface area (Å²) in [4.78, 5) is 24.6. The van der Waals surface area contributed by atoms with Crippen molar-refractivity contribution in [1.82, 2.24) is 0 Å². The number of phenolic OH excluding ortho intramolecular Hbond substituents is 1. The monoisotopic (exact) mass is 489 g/mol. The van der Waals surface area contributed by atoms with Crippen LogP contribution in [0.1, 0.15) is 25.0 Å². The number of aromatic hydroxyl groups is 1. The fourth-order valence-electron chi connectivity index (χ4n) is 4.19. The van der Waals surface area contributed by atoms with Gasteiger partial charge in [0.15, 0.2) is 0 Å². The highest BCUT2D eigenvalue weighted by Gasteiger charge is 2.26. The summed E-state index contributed by atoms with van der Waals surface area (Å²) in [6.45, 7) is 2.12. The minimum absolute atomic E-state index is 0.00431. The maximum atomic E-state index is 13.1. The van der Waals surface area contributed by atoms with Crippen molar-refractivity contribution in [2.75, 3.05) is 17.7 Å². The molecule has 0 aromatic heterocycles. The molecule has 0 aliphatic heterocycles. The third-order valence-corrected chi connectivity index (χ3v) is 6.24. The van der Waals surface area contributed by atoms with Gasteiger partial charge in [0, 0.05) is 22.3 Å². The summed E-state index contributed by atoms with van der Waals surface area (Å²) < 4.78 is 11.2. The zero-order valence-electron chi connectivity index (χ0n) is 19.3. The number of fused-ring (bicyclic) bond motifs is 2. The van der Waals surface area contributed by atoms with E-state index in [1.54, 1.807) is 12.1 Å². The molecule has 0 unspecified atom stereocenters. The van der Waals surface area contributed by atoms with Gasteiger partial charge in [-0.15, -0.1) is 0 Å². The van der Waals surface area contributed by atoms with E-state index < -0.39 is 18.2 Å². The summed E-state index contributed by atoms with van der Waals surface area (Å²) in [5.41, 5.74) is 1.41. The molecule has 0 aliphatic rings. The van der Waals surface area contributed by atoms with Crippen LogP contribution in [0.3, 0.4) is 0 Å². The Morgan fingerprint density at radius 1 is 0.914 bits per heavy atom. The SMILES string of the molecule is C[C@@H](CCOC(=O)CS)[C@H](OC(=O)Nc1cccc2ccccc12)c1ccc(O)c2ccccc12. The number of nitrogens with one attached hydrogen (secondary N) is 1. The van der Waals surface area contributed by atoms with E-state index in [9.17, 15) is 14.7 Å². The Bertz CT molecular complexity index is 1350. The summed E-state index contributed by atoms with van der Waals surface area (Å²) in [5, 5.41) is 16.6. The maximum absolute atomic E-state index is 13.1. The normalized spacial score (nSPS) is 12.7. The van der Waals surface area contributed by atoms with Crippen LogP contribution >= 0.6 is 12.6 Å². The molecule has 4 aromatic rings. The Kier molecular flexibility index (Phi) is 7.77. The summed E-state index contributed by atoms with van der Waals surface area (Å²) in [5.74, 6) is -0.431. The molecule has 0 bridgehead atoms. The van der Waals surface area contributed by atoms with E-state index in [2.05, 4.69) is 17.9 Å². The van der Waals surface area contributed by atoms with Crippen molar-refractivity contribution in [3.8, 4) is 5.75 Å². The molecule has 2 atom stereocenters. The topological polar surface area (TPSA) is 84.9 Å². The first-order valence-corrected chi connectivity index (χ1v) is 12.0. The van der Waals surface area contributed by atoms with Crippen molar-refractivity contribution < 1.29 is 24.2 Å². The van der Waals surface area contributed by atoms with Crippen LogP contribution in [-0.2, 0) is 14.3 Å². The zero-order valence-corrected chi connectivity index (χ0v) is 20.2. The van der Waals surface area contributed by atoms with Crippen molar-refractivity contribution in [2.45, 2.75) is 19.4 Å². The highest BCUT2D eigenvalue weighted by Crippen LogP contribution is 2.37. The Hall–Kier alpha value is -3.71. The molecule has 0 fully saturated rings. The average Bonchev–Trinajstić information content (AvgIpc) is 2.88. The van der Waals surface area contributed by atoms with Gasteiger partial charge >= 0.3 is 12.1 Å². The molecule has 0 aliphatic carbocycles. The molecule has 0 spiro atoms. The molecule has 0 saturated heterocycles. The average molecular weight is 490 g/mol. The number of carbonyl (C=O) groups is 2. The molecule has 35 heavy (non-hydrogen) atoms. The molecule has 4 rings (SSSR count). The Morgan fingerprint density at radius 3 is 2.37 bits per heavy atom. The Labute approximate surface area is 209 Å². The molecule has 0 heterocycles. The predicted octanol–water partition coefficient (Wildman–Crippen LogP) is 6.49. The van der Waals surface area contributed by atoms with Gasteiger partial charge in [-0.1, -0.05) is 73.7 Å². The summed E-state index contributed by atoms with van der Waals surface area (Å²) in [7, 11) is 0. The quantitative estimate of drug-likeness (QED) is 0.195. The molecule has 6 nitrogen and oxygen atoms in total. The molecule has 4 aromatic carbocycles. The fourth-order valence-corrected chi connectivity index (χ4v) is 4.28. The van der Waals surface area contributed by atoms with Crippen molar-refractivity contribution in [1.29, 1.82) is 0 Å². The molecule has 2 N–H and O–H groups in total.